The van der Waals surface area contributed by atoms with E-state index in [2.05, 4.69) is 40.7 Å². The van der Waals surface area contributed by atoms with E-state index in [1.807, 2.05) is 0 Å². The molecule has 0 aromatic heterocycles. The van der Waals surface area contributed by atoms with Gasteiger partial charge in [0.1, 0.15) is 0 Å². The third-order valence-electron chi connectivity index (χ3n) is 4.79. The first kappa shape index (κ1) is 14.1. The molecule has 2 aliphatic rings. The number of allylic oxidation sites excluding steroid dienone is 2. The normalized spacial score (nSPS) is 41.2. The fraction of sp³-hybridized carbons (Fsp3) is 0.875. The van der Waals surface area contributed by atoms with Crippen molar-refractivity contribution in [3.8, 4) is 0 Å². The summed E-state index contributed by atoms with van der Waals surface area (Å²) in [6.07, 6.45) is 4.62. The average molecular weight is 252 g/mol. The van der Waals surface area contributed by atoms with Gasteiger partial charge in [0.2, 0.25) is 0 Å². The molecule has 1 spiro atoms. The van der Waals surface area contributed by atoms with Crippen LogP contribution in [0.25, 0.3) is 0 Å². The van der Waals surface area contributed by atoms with E-state index in [9.17, 15) is 0 Å². The van der Waals surface area contributed by atoms with E-state index in [4.69, 9.17) is 9.47 Å². The predicted molar refractivity (Wildman–Crippen MR) is 74.3 cm³/mol. The number of rotatable bonds is 2. The van der Waals surface area contributed by atoms with Gasteiger partial charge in [0, 0.05) is 11.8 Å². The summed E-state index contributed by atoms with van der Waals surface area (Å²) >= 11 is 0. The molecule has 0 aromatic carbocycles. The summed E-state index contributed by atoms with van der Waals surface area (Å²) in [5.74, 6) is 1.84. The molecule has 0 amide bonds. The van der Waals surface area contributed by atoms with Crippen LogP contribution in [0.5, 0.6) is 0 Å². The van der Waals surface area contributed by atoms with Crippen molar-refractivity contribution in [1.29, 1.82) is 0 Å². The van der Waals surface area contributed by atoms with Crippen molar-refractivity contribution in [2.45, 2.75) is 53.8 Å². The van der Waals surface area contributed by atoms with Gasteiger partial charge < -0.3 is 9.47 Å². The summed E-state index contributed by atoms with van der Waals surface area (Å²) in [5.41, 5.74) is 1.72. The fourth-order valence-electron chi connectivity index (χ4n) is 3.45. The van der Waals surface area contributed by atoms with Gasteiger partial charge in [-0.3, -0.25) is 0 Å². The zero-order valence-electron chi connectivity index (χ0n) is 12.5. The minimum atomic E-state index is 0.0158. The van der Waals surface area contributed by atoms with Crippen LogP contribution in [0.15, 0.2) is 11.6 Å². The molecule has 0 radical (unpaired) electrons. The van der Waals surface area contributed by atoms with E-state index in [-0.39, 0.29) is 11.7 Å². The van der Waals surface area contributed by atoms with Crippen LogP contribution in [-0.2, 0) is 9.47 Å². The first-order valence-electron chi connectivity index (χ1n) is 7.34. The monoisotopic (exact) mass is 252 g/mol. The van der Waals surface area contributed by atoms with Crippen molar-refractivity contribution in [3.63, 3.8) is 0 Å². The van der Waals surface area contributed by atoms with Crippen LogP contribution in [0.2, 0.25) is 0 Å². The lowest BCUT2D eigenvalue weighted by Crippen LogP contribution is -2.51. The van der Waals surface area contributed by atoms with Crippen molar-refractivity contribution in [2.75, 3.05) is 13.2 Å². The van der Waals surface area contributed by atoms with Gasteiger partial charge in [-0.1, -0.05) is 39.3 Å². The van der Waals surface area contributed by atoms with E-state index in [0.29, 0.717) is 17.8 Å². The smallest absolute Gasteiger partial charge is 0.157 e. The lowest BCUT2D eigenvalue weighted by Gasteiger charge is -2.49. The second-order valence-electron chi connectivity index (χ2n) is 6.82. The van der Waals surface area contributed by atoms with Gasteiger partial charge in [0.15, 0.2) is 6.29 Å². The lowest BCUT2D eigenvalue weighted by atomic mass is 9.63. The third-order valence-corrected chi connectivity index (χ3v) is 4.79. The zero-order valence-corrected chi connectivity index (χ0v) is 12.5. The molecule has 0 saturated carbocycles. The fourth-order valence-corrected chi connectivity index (χ4v) is 3.45. The van der Waals surface area contributed by atoms with Gasteiger partial charge in [-0.15, -0.1) is 0 Å². The molecular weight excluding hydrogens is 224 g/mol. The van der Waals surface area contributed by atoms with Crippen LogP contribution < -0.4 is 0 Å². The van der Waals surface area contributed by atoms with Crippen LogP contribution in [0.4, 0.5) is 0 Å². The van der Waals surface area contributed by atoms with Gasteiger partial charge in [-0.2, -0.15) is 0 Å². The quantitative estimate of drug-likeness (QED) is 0.691. The molecule has 2 heteroatoms. The molecule has 1 saturated heterocycles. The van der Waals surface area contributed by atoms with Gasteiger partial charge in [0.05, 0.1) is 13.2 Å². The summed E-state index contributed by atoms with van der Waals surface area (Å²) in [4.78, 5) is 0. The Kier molecular flexibility index (Phi) is 4.18. The van der Waals surface area contributed by atoms with Crippen LogP contribution in [0.3, 0.4) is 0 Å². The molecule has 2 atom stereocenters. The van der Waals surface area contributed by atoms with Crippen LogP contribution in [0.1, 0.15) is 47.5 Å². The molecule has 0 aromatic rings. The van der Waals surface area contributed by atoms with Crippen molar-refractivity contribution in [1.82, 2.24) is 0 Å². The van der Waals surface area contributed by atoms with Crippen molar-refractivity contribution < 1.29 is 9.47 Å². The molecule has 1 fully saturated rings. The Morgan fingerprint density at radius 1 is 1.28 bits per heavy atom. The maximum absolute atomic E-state index is 6.01. The Labute approximate surface area is 112 Å². The summed E-state index contributed by atoms with van der Waals surface area (Å²) in [6, 6.07) is 0. The van der Waals surface area contributed by atoms with Gasteiger partial charge in [-0.05, 0) is 31.1 Å². The molecule has 18 heavy (non-hydrogen) atoms. The molecule has 1 aliphatic heterocycles. The van der Waals surface area contributed by atoms with Crippen molar-refractivity contribution in [2.24, 2.45) is 23.2 Å². The maximum Gasteiger partial charge on any atom is 0.157 e. The summed E-state index contributed by atoms with van der Waals surface area (Å²) in [7, 11) is 0. The summed E-state index contributed by atoms with van der Waals surface area (Å²) in [5, 5.41) is 0. The maximum atomic E-state index is 6.01. The second kappa shape index (κ2) is 5.34. The Morgan fingerprint density at radius 2 is 1.89 bits per heavy atom. The Balaban J connectivity index is 2.02. The minimum absolute atomic E-state index is 0.0158. The highest BCUT2D eigenvalue weighted by molar-refractivity contribution is 5.13. The standard InChI is InChI=1S/C16H28O2/c1-11(2)6-15-17-9-16(10-18-15)13(4)7-12(3)8-14(16)5/h7,11,13-15H,6,8-10H2,1-5H3/t13-,14-,15?,16?/m0/s1. The molecule has 0 unspecified atom stereocenters. The van der Waals surface area contributed by atoms with Crippen LogP contribution >= 0.6 is 0 Å². The van der Waals surface area contributed by atoms with Crippen molar-refractivity contribution in [3.05, 3.63) is 11.6 Å². The molecule has 1 aliphatic carbocycles. The van der Waals surface area contributed by atoms with Gasteiger partial charge in [0.25, 0.3) is 0 Å². The zero-order chi connectivity index (χ0) is 13.3. The highest BCUT2D eigenvalue weighted by Gasteiger charge is 2.46. The van der Waals surface area contributed by atoms with Crippen LogP contribution in [0, 0.1) is 23.2 Å². The van der Waals surface area contributed by atoms with Gasteiger partial charge >= 0.3 is 0 Å². The van der Waals surface area contributed by atoms with Crippen molar-refractivity contribution >= 4 is 0 Å². The molecule has 2 nitrogen and oxygen atoms in total. The molecule has 1 heterocycles. The first-order valence-corrected chi connectivity index (χ1v) is 7.34. The Hall–Kier alpha value is -0.340. The SMILES string of the molecule is CC1=C[C@H](C)C2(COC(CC(C)C)OC2)[C@@H](C)C1. The molecule has 0 bridgehead atoms. The Morgan fingerprint density at radius 3 is 2.39 bits per heavy atom. The number of hydrogen-bond acceptors (Lipinski definition) is 2. The van der Waals surface area contributed by atoms with E-state index in [1.165, 1.54) is 12.0 Å². The summed E-state index contributed by atoms with van der Waals surface area (Å²) < 4.78 is 12.0. The second-order valence-corrected chi connectivity index (χ2v) is 6.82. The van der Waals surface area contributed by atoms with E-state index in [0.717, 1.165) is 19.6 Å². The first-order chi connectivity index (χ1) is 8.44. The molecular formula is C16H28O2. The van der Waals surface area contributed by atoms with Gasteiger partial charge in [-0.25, -0.2) is 0 Å². The van der Waals surface area contributed by atoms with E-state index >= 15 is 0 Å². The average Bonchev–Trinajstić information content (AvgIpc) is 2.27. The Bertz CT molecular complexity index is 311. The molecule has 0 N–H and O–H groups in total. The molecule has 104 valence electrons. The third kappa shape index (κ3) is 2.65. The predicted octanol–water partition coefficient (Wildman–Crippen LogP) is 4.01. The highest BCUT2D eigenvalue weighted by Crippen LogP contribution is 2.47. The van der Waals surface area contributed by atoms with Crippen LogP contribution in [-0.4, -0.2) is 19.5 Å². The number of hydrogen-bond donors (Lipinski definition) is 0. The largest absolute Gasteiger partial charge is 0.352 e. The minimum Gasteiger partial charge on any atom is -0.352 e. The lowest BCUT2D eigenvalue weighted by molar-refractivity contribution is -0.254. The van der Waals surface area contributed by atoms with E-state index in [1.54, 1.807) is 0 Å². The molecule has 2 rings (SSSR count). The number of ether oxygens (including phenoxy) is 2. The highest BCUT2D eigenvalue weighted by atomic mass is 16.7. The topological polar surface area (TPSA) is 18.5 Å². The van der Waals surface area contributed by atoms with E-state index < -0.39 is 0 Å². The summed E-state index contributed by atoms with van der Waals surface area (Å²) in [6.45, 7) is 13.1.